The van der Waals surface area contributed by atoms with Crippen molar-refractivity contribution in [2.24, 2.45) is 0 Å². The number of hydrogen-bond donors (Lipinski definition) is 1. The molecule has 0 bridgehead atoms. The van der Waals surface area contributed by atoms with Crippen molar-refractivity contribution in [2.75, 3.05) is 11.9 Å². The summed E-state index contributed by atoms with van der Waals surface area (Å²) in [5, 5.41) is 22.1. The Kier molecular flexibility index (Phi) is 6.63. The molecule has 0 saturated heterocycles. The van der Waals surface area contributed by atoms with Crippen LogP contribution in [0.1, 0.15) is 21.9 Å². The lowest BCUT2D eigenvalue weighted by atomic mass is 10.2. The summed E-state index contributed by atoms with van der Waals surface area (Å²) in [7, 11) is 0. The highest BCUT2D eigenvalue weighted by Crippen LogP contribution is 2.27. The van der Waals surface area contributed by atoms with E-state index >= 15 is 0 Å². The lowest BCUT2D eigenvalue weighted by Gasteiger charge is -2.09. The Morgan fingerprint density at radius 2 is 2.06 bits per heavy atom. The second-order valence-electron chi connectivity index (χ2n) is 6.50. The number of nitro groups is 1. The van der Waals surface area contributed by atoms with Gasteiger partial charge >= 0.3 is 0 Å². The van der Waals surface area contributed by atoms with Gasteiger partial charge in [0.25, 0.3) is 18.0 Å². The molecule has 13 heteroatoms. The molecule has 0 aliphatic rings. The van der Waals surface area contributed by atoms with Gasteiger partial charge in [0.15, 0.2) is 5.69 Å². The molecule has 0 fully saturated rings. The van der Waals surface area contributed by atoms with E-state index in [0.717, 1.165) is 28.0 Å². The molecule has 2 heterocycles. The zero-order chi connectivity index (χ0) is 22.7. The van der Waals surface area contributed by atoms with E-state index in [0.29, 0.717) is 0 Å². The highest BCUT2D eigenvalue weighted by Gasteiger charge is 2.16. The van der Waals surface area contributed by atoms with Crippen LogP contribution in [0, 0.1) is 24.0 Å². The number of rotatable bonds is 8. The number of nitrogens with zero attached hydrogens (tertiary/aromatic N) is 5. The van der Waals surface area contributed by atoms with Gasteiger partial charge in [0, 0.05) is 18.3 Å². The average molecular weight is 499 g/mol. The van der Waals surface area contributed by atoms with E-state index in [-0.39, 0.29) is 23.8 Å². The van der Waals surface area contributed by atoms with Crippen LogP contribution in [-0.4, -0.2) is 43.4 Å². The highest BCUT2D eigenvalue weighted by molar-refractivity contribution is 9.10. The van der Waals surface area contributed by atoms with Crippen LogP contribution in [0.25, 0.3) is 0 Å². The standard InChI is InChI=1S/C18H17BrF2N6O4/c1-10-17(19)11(2)26(23-10)9-25-4-3-15(24-25)18(28)22-12-5-13(27(29)30)7-14(6-12)31-8-16(20)21/h3-7,16H,8-9H2,1-2H3,(H,22,28). The Balaban J connectivity index is 1.75. The number of aromatic nitrogens is 4. The fourth-order valence-corrected chi connectivity index (χ4v) is 2.99. The molecular formula is C18H17BrF2N6O4. The molecule has 31 heavy (non-hydrogen) atoms. The molecule has 10 nitrogen and oxygen atoms in total. The lowest BCUT2D eigenvalue weighted by Crippen LogP contribution is -2.16. The van der Waals surface area contributed by atoms with Gasteiger partial charge in [-0.2, -0.15) is 10.2 Å². The maximum Gasteiger partial charge on any atom is 0.276 e. The van der Waals surface area contributed by atoms with Gasteiger partial charge in [-0.05, 0) is 35.8 Å². The number of hydrogen-bond acceptors (Lipinski definition) is 6. The number of amides is 1. The summed E-state index contributed by atoms with van der Waals surface area (Å²) < 4.78 is 33.7. The van der Waals surface area contributed by atoms with Crippen molar-refractivity contribution in [3.63, 3.8) is 0 Å². The van der Waals surface area contributed by atoms with Gasteiger partial charge < -0.3 is 10.1 Å². The van der Waals surface area contributed by atoms with Crippen molar-refractivity contribution >= 4 is 33.2 Å². The molecule has 1 N–H and O–H groups in total. The first-order chi connectivity index (χ1) is 14.6. The summed E-state index contributed by atoms with van der Waals surface area (Å²) in [4.78, 5) is 22.9. The normalized spacial score (nSPS) is 11.0. The molecule has 0 saturated carbocycles. The van der Waals surface area contributed by atoms with Crippen LogP contribution in [0.5, 0.6) is 5.75 Å². The number of alkyl halides is 2. The van der Waals surface area contributed by atoms with E-state index in [1.807, 2.05) is 13.8 Å². The first-order valence-electron chi connectivity index (χ1n) is 8.88. The number of nitrogens with one attached hydrogen (secondary N) is 1. The number of anilines is 1. The van der Waals surface area contributed by atoms with Gasteiger partial charge in [-0.1, -0.05) is 0 Å². The number of carbonyl (C=O) groups excluding carboxylic acids is 1. The minimum absolute atomic E-state index is 0.0143. The Bertz CT molecular complexity index is 1130. The molecule has 3 aromatic rings. The Hall–Kier alpha value is -3.35. The highest BCUT2D eigenvalue weighted by atomic mass is 79.9. The zero-order valence-electron chi connectivity index (χ0n) is 16.4. The molecule has 2 aromatic heterocycles. The summed E-state index contributed by atoms with van der Waals surface area (Å²) in [5.41, 5.74) is 1.37. The first kappa shape index (κ1) is 22.3. The van der Waals surface area contributed by atoms with E-state index in [9.17, 15) is 23.7 Å². The van der Waals surface area contributed by atoms with Crippen LogP contribution in [0.15, 0.2) is 34.9 Å². The molecule has 1 aromatic carbocycles. The van der Waals surface area contributed by atoms with E-state index in [1.54, 1.807) is 10.9 Å². The molecule has 0 atom stereocenters. The topological polar surface area (TPSA) is 117 Å². The summed E-state index contributed by atoms with van der Waals surface area (Å²) in [6.07, 6.45) is -1.16. The van der Waals surface area contributed by atoms with Crippen LogP contribution in [-0.2, 0) is 6.67 Å². The van der Waals surface area contributed by atoms with Gasteiger partial charge in [-0.15, -0.1) is 0 Å². The SMILES string of the molecule is Cc1nn(Cn2ccc(C(=O)Nc3cc(OCC(F)F)cc([N+](=O)[O-])c3)n2)c(C)c1Br. The molecular weight excluding hydrogens is 482 g/mol. The molecule has 0 radical (unpaired) electrons. The van der Waals surface area contributed by atoms with Crippen molar-refractivity contribution in [1.82, 2.24) is 19.6 Å². The summed E-state index contributed by atoms with van der Waals surface area (Å²) in [5.74, 6) is -0.793. The van der Waals surface area contributed by atoms with E-state index < -0.39 is 29.6 Å². The van der Waals surface area contributed by atoms with Gasteiger partial charge in [0.2, 0.25) is 0 Å². The number of nitro benzene ring substituents is 1. The third-order valence-electron chi connectivity index (χ3n) is 4.18. The van der Waals surface area contributed by atoms with Crippen LogP contribution in [0.2, 0.25) is 0 Å². The predicted octanol–water partition coefficient (Wildman–Crippen LogP) is 3.77. The van der Waals surface area contributed by atoms with Crippen molar-refractivity contribution in [2.45, 2.75) is 26.9 Å². The third kappa shape index (κ3) is 5.42. The van der Waals surface area contributed by atoms with Crippen LogP contribution >= 0.6 is 15.9 Å². The molecule has 164 valence electrons. The molecule has 0 aliphatic heterocycles. The molecule has 3 rings (SSSR count). The van der Waals surface area contributed by atoms with Crippen molar-refractivity contribution in [3.05, 3.63) is 62.1 Å². The molecule has 1 amide bonds. The molecule has 0 unspecified atom stereocenters. The number of halogens is 3. The minimum Gasteiger partial charge on any atom is -0.487 e. The van der Waals surface area contributed by atoms with Crippen molar-refractivity contribution in [3.8, 4) is 5.75 Å². The van der Waals surface area contributed by atoms with E-state index in [2.05, 4.69) is 31.4 Å². The largest absolute Gasteiger partial charge is 0.487 e. The maximum absolute atomic E-state index is 12.5. The van der Waals surface area contributed by atoms with Gasteiger partial charge in [0.05, 0.1) is 32.5 Å². The summed E-state index contributed by atoms with van der Waals surface area (Å²) in [6, 6.07) is 4.79. The van der Waals surface area contributed by atoms with Gasteiger partial charge in [-0.25, -0.2) is 13.5 Å². The van der Waals surface area contributed by atoms with E-state index in [4.69, 9.17) is 4.74 Å². The predicted molar refractivity (Wildman–Crippen MR) is 110 cm³/mol. The van der Waals surface area contributed by atoms with Gasteiger partial charge in [0.1, 0.15) is 19.0 Å². The third-order valence-corrected chi connectivity index (χ3v) is 5.33. The number of aryl methyl sites for hydroxylation is 1. The maximum atomic E-state index is 12.5. The Morgan fingerprint density at radius 3 is 2.68 bits per heavy atom. The van der Waals surface area contributed by atoms with Gasteiger partial charge in [-0.3, -0.25) is 19.6 Å². The fourth-order valence-electron chi connectivity index (χ4n) is 2.71. The van der Waals surface area contributed by atoms with Crippen LogP contribution in [0.3, 0.4) is 0 Å². The number of benzene rings is 1. The monoisotopic (exact) mass is 498 g/mol. The van der Waals surface area contributed by atoms with Crippen molar-refractivity contribution < 1.29 is 23.2 Å². The average Bonchev–Trinajstić information content (AvgIpc) is 3.27. The first-order valence-corrected chi connectivity index (χ1v) is 9.68. The number of ether oxygens (including phenoxy) is 1. The Labute approximate surface area is 183 Å². The van der Waals surface area contributed by atoms with Crippen LogP contribution in [0.4, 0.5) is 20.2 Å². The number of carbonyl (C=O) groups is 1. The van der Waals surface area contributed by atoms with Crippen molar-refractivity contribution in [1.29, 1.82) is 0 Å². The Morgan fingerprint density at radius 1 is 1.32 bits per heavy atom. The van der Waals surface area contributed by atoms with E-state index in [1.165, 1.54) is 16.8 Å². The lowest BCUT2D eigenvalue weighted by molar-refractivity contribution is -0.384. The second kappa shape index (κ2) is 9.20. The smallest absolute Gasteiger partial charge is 0.276 e. The molecule has 0 spiro atoms. The fraction of sp³-hybridized carbons (Fsp3) is 0.278. The van der Waals surface area contributed by atoms with Crippen LogP contribution < -0.4 is 10.1 Å². The molecule has 0 aliphatic carbocycles. The minimum atomic E-state index is -2.75. The summed E-state index contributed by atoms with van der Waals surface area (Å²) in [6.45, 7) is 3.08. The quantitative estimate of drug-likeness (QED) is 0.373. The second-order valence-corrected chi connectivity index (χ2v) is 7.29. The summed E-state index contributed by atoms with van der Waals surface area (Å²) >= 11 is 3.44. The number of non-ortho nitro benzene ring substituents is 1. The zero-order valence-corrected chi connectivity index (χ0v) is 18.0.